The summed E-state index contributed by atoms with van der Waals surface area (Å²) in [5.41, 5.74) is 0. The molecule has 1 aliphatic rings. The minimum atomic E-state index is -6.76. The zero-order valence-corrected chi connectivity index (χ0v) is 10.5. The molecule has 0 aromatic rings. The fourth-order valence-corrected chi connectivity index (χ4v) is 1.15. The first kappa shape index (κ1) is 21.5. The predicted molar refractivity (Wildman–Crippen MR) is 40.5 cm³/mol. The van der Waals surface area contributed by atoms with Gasteiger partial charge >= 0.3 is 43.2 Å². The van der Waals surface area contributed by atoms with Crippen LogP contribution in [0.25, 0.3) is 0 Å². The summed E-state index contributed by atoms with van der Waals surface area (Å²) in [4.78, 5) is 9.57. The zero-order valence-electron chi connectivity index (χ0n) is 10.5. The van der Waals surface area contributed by atoms with E-state index in [1.165, 1.54) is 0 Å². The second kappa shape index (κ2) is 5.74. The number of alkyl halides is 11. The Morgan fingerprint density at radius 3 is 1.52 bits per heavy atom. The molecule has 0 aromatic carbocycles. The fourth-order valence-electron chi connectivity index (χ4n) is 1.15. The third-order valence-electron chi connectivity index (χ3n) is 1.91. The molecule has 1 rings (SSSR count). The van der Waals surface area contributed by atoms with Crippen LogP contribution in [0.15, 0.2) is 0 Å². The molecule has 18 heteroatoms. The van der Waals surface area contributed by atoms with Gasteiger partial charge in [0.1, 0.15) is 0 Å². The van der Waals surface area contributed by atoms with Crippen molar-refractivity contribution in [3.8, 4) is 0 Å². The van der Waals surface area contributed by atoms with Crippen LogP contribution in [0.5, 0.6) is 0 Å². The molecule has 0 saturated carbocycles. The Bertz CT molecular complexity index is 535. The van der Waals surface area contributed by atoms with Crippen LogP contribution >= 0.6 is 0 Å². The SMILES string of the molecule is O=C(F)OC(F)(F)C(F)(F)OC1(F)OC(F)(F)OC1(F)OC(F)(F)F. The monoisotopic (exact) mass is 408 g/mol. The molecular weight excluding hydrogens is 408 g/mol. The average Bonchev–Trinajstić information content (AvgIpc) is 2.35. The van der Waals surface area contributed by atoms with E-state index >= 15 is 0 Å². The van der Waals surface area contributed by atoms with Crippen molar-refractivity contribution in [2.75, 3.05) is 0 Å². The van der Waals surface area contributed by atoms with Crippen molar-refractivity contribution in [2.45, 2.75) is 37.0 Å². The summed E-state index contributed by atoms with van der Waals surface area (Å²) < 4.78 is 162. The van der Waals surface area contributed by atoms with Gasteiger partial charge in [0.2, 0.25) is 0 Å². The van der Waals surface area contributed by atoms with Crippen LogP contribution in [0.4, 0.5) is 57.5 Å². The van der Waals surface area contributed by atoms with E-state index < -0.39 is 43.2 Å². The third-order valence-corrected chi connectivity index (χ3v) is 1.91. The fraction of sp³-hybridized carbons (Fsp3) is 0.857. The van der Waals surface area contributed by atoms with E-state index in [4.69, 9.17) is 0 Å². The van der Waals surface area contributed by atoms with E-state index in [2.05, 4.69) is 14.2 Å². The summed E-state index contributed by atoms with van der Waals surface area (Å²) >= 11 is 0. The minimum absolute atomic E-state index is 2.02. The van der Waals surface area contributed by atoms with Crippen molar-refractivity contribution in [3.05, 3.63) is 0 Å². The van der Waals surface area contributed by atoms with Gasteiger partial charge in [0.25, 0.3) is 0 Å². The maximum Gasteiger partial charge on any atom is 0.527 e. The van der Waals surface area contributed by atoms with E-state index in [1.54, 1.807) is 0 Å². The van der Waals surface area contributed by atoms with E-state index in [1.807, 2.05) is 9.47 Å². The van der Waals surface area contributed by atoms with Crippen molar-refractivity contribution in [3.63, 3.8) is 0 Å². The standard InChI is InChI=1S/C7F12O6/c8-1(20)21-2(9,10)3(11,12)22-4(13)5(14,23-6(15,16)17)25-7(18,19)24-4. The normalized spacial score (nSPS) is 30.4. The Kier molecular flexibility index (Phi) is 4.94. The maximum absolute atomic E-state index is 13.7. The first-order valence-electron chi connectivity index (χ1n) is 5.01. The molecule has 0 amide bonds. The number of carbonyl (C=O) groups is 1. The van der Waals surface area contributed by atoms with Crippen molar-refractivity contribution in [1.29, 1.82) is 0 Å². The van der Waals surface area contributed by atoms with E-state index in [0.717, 1.165) is 0 Å². The lowest BCUT2D eigenvalue weighted by atomic mass is 10.5. The molecule has 2 unspecified atom stereocenters. The minimum Gasteiger partial charge on any atom is -0.368 e. The largest absolute Gasteiger partial charge is 0.527 e. The Morgan fingerprint density at radius 2 is 1.16 bits per heavy atom. The van der Waals surface area contributed by atoms with Crippen LogP contribution in [0.1, 0.15) is 0 Å². The molecule has 0 aromatic heterocycles. The van der Waals surface area contributed by atoms with E-state index in [0.29, 0.717) is 0 Å². The van der Waals surface area contributed by atoms with Crippen molar-refractivity contribution in [2.24, 2.45) is 0 Å². The molecular formula is C7F12O6. The van der Waals surface area contributed by atoms with Gasteiger partial charge in [0.15, 0.2) is 0 Å². The summed E-state index contributed by atoms with van der Waals surface area (Å²) in [6.45, 7) is 0. The lowest BCUT2D eigenvalue weighted by Crippen LogP contribution is -2.58. The number of hydrogen-bond donors (Lipinski definition) is 0. The maximum atomic E-state index is 13.7. The van der Waals surface area contributed by atoms with Crippen LogP contribution in [-0.2, 0) is 23.7 Å². The third kappa shape index (κ3) is 4.55. The second-order valence-electron chi connectivity index (χ2n) is 3.76. The van der Waals surface area contributed by atoms with E-state index in [-0.39, 0.29) is 0 Å². The number of hydrogen-bond acceptors (Lipinski definition) is 6. The molecule has 148 valence electrons. The van der Waals surface area contributed by atoms with Gasteiger partial charge in [0, 0.05) is 0 Å². The Hall–Kier alpha value is -1.53. The molecule has 0 bridgehead atoms. The van der Waals surface area contributed by atoms with Crippen LogP contribution < -0.4 is 0 Å². The summed E-state index contributed by atoms with van der Waals surface area (Å²) in [5, 5.41) is 0. The van der Waals surface area contributed by atoms with Crippen LogP contribution in [0.2, 0.25) is 0 Å². The molecule has 0 radical (unpaired) electrons. The number of halogens is 12. The first-order valence-corrected chi connectivity index (χ1v) is 5.01. The summed E-state index contributed by atoms with van der Waals surface area (Å²) in [5.74, 6) is 0. The topological polar surface area (TPSA) is 63.2 Å². The molecule has 0 aliphatic carbocycles. The van der Waals surface area contributed by atoms with Crippen LogP contribution in [-0.4, -0.2) is 43.2 Å². The van der Waals surface area contributed by atoms with Gasteiger partial charge < -0.3 is 4.74 Å². The molecule has 1 saturated heterocycles. The Labute approximate surface area is 126 Å². The molecule has 1 aliphatic heterocycles. The molecule has 0 spiro atoms. The van der Waals surface area contributed by atoms with Crippen LogP contribution in [0.3, 0.4) is 0 Å². The van der Waals surface area contributed by atoms with E-state index in [9.17, 15) is 57.5 Å². The highest BCUT2D eigenvalue weighted by atomic mass is 19.4. The van der Waals surface area contributed by atoms with Gasteiger partial charge in [-0.15, -0.1) is 26.3 Å². The quantitative estimate of drug-likeness (QED) is 0.511. The zero-order chi connectivity index (χ0) is 20.1. The highest BCUT2D eigenvalue weighted by Crippen LogP contribution is 2.54. The van der Waals surface area contributed by atoms with Gasteiger partial charge in [-0.1, -0.05) is 0 Å². The average molecular weight is 408 g/mol. The van der Waals surface area contributed by atoms with Gasteiger partial charge in [-0.05, 0) is 0 Å². The van der Waals surface area contributed by atoms with Crippen molar-refractivity contribution < 1.29 is 81.2 Å². The molecule has 1 fully saturated rings. The molecule has 25 heavy (non-hydrogen) atoms. The molecule has 1 heterocycles. The van der Waals surface area contributed by atoms with Crippen LogP contribution in [0, 0.1) is 0 Å². The summed E-state index contributed by atoms with van der Waals surface area (Å²) in [7, 11) is 0. The molecule has 2 atom stereocenters. The number of ether oxygens (including phenoxy) is 5. The molecule has 6 nitrogen and oxygen atoms in total. The molecule has 0 N–H and O–H groups in total. The van der Waals surface area contributed by atoms with Gasteiger partial charge in [-0.25, -0.2) is 23.7 Å². The van der Waals surface area contributed by atoms with Crippen molar-refractivity contribution in [1.82, 2.24) is 0 Å². The van der Waals surface area contributed by atoms with Crippen molar-refractivity contribution >= 4 is 6.22 Å². The summed E-state index contributed by atoms with van der Waals surface area (Å²) in [6.07, 6.45) is -29.1. The van der Waals surface area contributed by atoms with Gasteiger partial charge in [0.05, 0.1) is 0 Å². The predicted octanol–water partition coefficient (Wildman–Crippen LogP) is 3.67. The Balaban J connectivity index is 3.24. The van der Waals surface area contributed by atoms with Gasteiger partial charge in [-0.3, -0.25) is 0 Å². The lowest BCUT2D eigenvalue weighted by molar-refractivity contribution is -0.553. The second-order valence-corrected chi connectivity index (χ2v) is 3.76. The number of carbonyl (C=O) groups excluding carboxylic acids is 1. The summed E-state index contributed by atoms with van der Waals surface area (Å²) in [6, 6.07) is -12.3. The smallest absolute Gasteiger partial charge is 0.368 e. The first-order chi connectivity index (χ1) is 10.7. The Morgan fingerprint density at radius 1 is 0.760 bits per heavy atom. The lowest BCUT2D eigenvalue weighted by Gasteiger charge is -2.32. The highest BCUT2D eigenvalue weighted by Gasteiger charge is 2.82. The number of rotatable bonds is 5. The highest BCUT2D eigenvalue weighted by molar-refractivity contribution is 5.58. The van der Waals surface area contributed by atoms with Gasteiger partial charge in [-0.2, -0.15) is 26.3 Å².